The number of methoxy groups -OCH3 is 1. The van der Waals surface area contributed by atoms with Gasteiger partial charge in [-0.15, -0.1) is 0 Å². The molecule has 2 unspecified atom stereocenters. The predicted octanol–water partition coefficient (Wildman–Crippen LogP) is 2.89. The molecule has 2 atom stereocenters. The Morgan fingerprint density at radius 3 is 2.40 bits per heavy atom. The van der Waals surface area contributed by atoms with E-state index in [4.69, 9.17) is 25.1 Å². The second-order valence-corrected chi connectivity index (χ2v) is 10.4. The summed E-state index contributed by atoms with van der Waals surface area (Å²) in [5, 5.41) is -0.838. The molecule has 4 N–H and O–H groups in total. The van der Waals surface area contributed by atoms with Gasteiger partial charge >= 0.3 is 8.56 Å². The molecule has 1 heterocycles. The Balaban J connectivity index is 2.64. The minimum absolute atomic E-state index is 0.0703. The highest BCUT2D eigenvalue weighted by Gasteiger charge is 2.70. The Labute approximate surface area is 152 Å². The normalized spacial score (nSPS) is 27.8. The van der Waals surface area contributed by atoms with Crippen molar-refractivity contribution in [3.8, 4) is 0 Å². The van der Waals surface area contributed by atoms with Crippen molar-refractivity contribution in [1.29, 1.82) is 0 Å². The lowest BCUT2D eigenvalue weighted by molar-refractivity contribution is -0.0729. The van der Waals surface area contributed by atoms with Crippen molar-refractivity contribution in [2.75, 3.05) is 21.3 Å². The van der Waals surface area contributed by atoms with E-state index in [-0.39, 0.29) is 5.92 Å². The first kappa shape index (κ1) is 20.3. The minimum Gasteiger partial charge on any atom is -0.396 e. The SMILES string of the molecule is C=Cc1ccccc1C1CC[Si](OC)(OC)C(CCC)(OC)C1(N)N. The fourth-order valence-electron chi connectivity index (χ4n) is 4.62. The summed E-state index contributed by atoms with van der Waals surface area (Å²) in [6.45, 7) is 6.03. The first-order valence-electron chi connectivity index (χ1n) is 8.84. The molecule has 0 amide bonds. The summed E-state index contributed by atoms with van der Waals surface area (Å²) < 4.78 is 18.0. The molecule has 2 rings (SSSR count). The first-order chi connectivity index (χ1) is 11.9. The van der Waals surface area contributed by atoms with Crippen LogP contribution in [-0.2, 0) is 13.6 Å². The number of hydrogen-bond donors (Lipinski definition) is 2. The van der Waals surface area contributed by atoms with Gasteiger partial charge in [-0.25, -0.2) is 0 Å². The standard InChI is InChI=1S/C19H32N2O3Si/c1-6-13-18(22-3)19(20,21)17(12-14-25(18,23-4)24-5)16-11-9-8-10-15(16)7-2/h7-11,17H,2,6,12-14,20-21H2,1,3-5H3. The summed E-state index contributed by atoms with van der Waals surface area (Å²) in [7, 11) is 2.28. The van der Waals surface area contributed by atoms with Gasteiger partial charge in [0.1, 0.15) is 10.9 Å². The lowest BCUT2D eigenvalue weighted by Crippen LogP contribution is -2.83. The summed E-state index contributed by atoms with van der Waals surface area (Å²) in [6.07, 6.45) is 4.21. The molecule has 0 saturated carbocycles. The zero-order valence-corrected chi connectivity index (χ0v) is 16.9. The molecule has 0 spiro atoms. The van der Waals surface area contributed by atoms with E-state index in [9.17, 15) is 0 Å². The Hall–Kier alpha value is -1.02. The molecular formula is C19H32N2O3Si. The van der Waals surface area contributed by atoms with Gasteiger partial charge in [0.15, 0.2) is 0 Å². The van der Waals surface area contributed by atoms with Crippen molar-refractivity contribution in [2.45, 2.75) is 49.0 Å². The molecule has 1 fully saturated rings. The van der Waals surface area contributed by atoms with Gasteiger partial charge in [0.05, 0.1) is 0 Å². The molecule has 5 nitrogen and oxygen atoms in total. The molecule has 6 heteroatoms. The van der Waals surface area contributed by atoms with E-state index in [1.54, 1.807) is 21.3 Å². The zero-order chi connectivity index (χ0) is 18.7. The Bertz CT molecular complexity index is 604. The van der Waals surface area contributed by atoms with Crippen molar-refractivity contribution < 1.29 is 13.6 Å². The average molecular weight is 365 g/mol. The van der Waals surface area contributed by atoms with Crippen LogP contribution in [0.2, 0.25) is 6.04 Å². The van der Waals surface area contributed by atoms with Crippen LogP contribution in [0.4, 0.5) is 0 Å². The van der Waals surface area contributed by atoms with Crippen molar-refractivity contribution in [3.05, 3.63) is 42.0 Å². The highest BCUT2D eigenvalue weighted by molar-refractivity contribution is 6.71. The third-order valence-electron chi connectivity index (χ3n) is 5.85. The Morgan fingerprint density at radius 2 is 1.88 bits per heavy atom. The second-order valence-electron chi connectivity index (χ2n) is 6.80. The number of ether oxygens (including phenoxy) is 1. The van der Waals surface area contributed by atoms with Gasteiger partial charge in [-0.3, -0.25) is 0 Å². The fraction of sp³-hybridized carbons (Fsp3) is 0.579. The summed E-state index contributed by atoms with van der Waals surface area (Å²) >= 11 is 0. The maximum absolute atomic E-state index is 6.87. The average Bonchev–Trinajstić information content (AvgIpc) is 2.63. The lowest BCUT2D eigenvalue weighted by Gasteiger charge is -2.59. The summed E-state index contributed by atoms with van der Waals surface area (Å²) in [5.74, 6) is -0.0703. The van der Waals surface area contributed by atoms with Crippen molar-refractivity contribution >= 4 is 14.6 Å². The van der Waals surface area contributed by atoms with Crippen LogP contribution in [0.3, 0.4) is 0 Å². The quantitative estimate of drug-likeness (QED) is 0.574. The molecule has 0 aromatic heterocycles. The highest BCUT2D eigenvalue weighted by Crippen LogP contribution is 2.51. The number of benzene rings is 1. The van der Waals surface area contributed by atoms with Gasteiger partial charge in [0.25, 0.3) is 0 Å². The van der Waals surface area contributed by atoms with Crippen LogP contribution in [0.15, 0.2) is 30.8 Å². The van der Waals surface area contributed by atoms with Crippen molar-refractivity contribution in [3.63, 3.8) is 0 Å². The van der Waals surface area contributed by atoms with Gasteiger partial charge in [0, 0.05) is 27.2 Å². The maximum Gasteiger partial charge on any atom is 0.374 e. The molecule has 1 aliphatic rings. The monoisotopic (exact) mass is 364 g/mol. The van der Waals surface area contributed by atoms with E-state index < -0.39 is 19.4 Å². The van der Waals surface area contributed by atoms with Crippen molar-refractivity contribution in [2.24, 2.45) is 11.5 Å². The molecule has 25 heavy (non-hydrogen) atoms. The summed E-state index contributed by atoms with van der Waals surface area (Å²) in [4.78, 5) is 0. The second kappa shape index (κ2) is 7.69. The van der Waals surface area contributed by atoms with Crippen LogP contribution in [-0.4, -0.2) is 40.8 Å². The van der Waals surface area contributed by atoms with Crippen molar-refractivity contribution in [1.82, 2.24) is 0 Å². The molecule has 1 aliphatic heterocycles. The smallest absolute Gasteiger partial charge is 0.374 e. The van der Waals surface area contributed by atoms with Crippen LogP contribution >= 0.6 is 0 Å². The molecule has 0 aliphatic carbocycles. The molecule has 140 valence electrons. The largest absolute Gasteiger partial charge is 0.396 e. The number of nitrogens with two attached hydrogens (primary N) is 2. The van der Waals surface area contributed by atoms with Gasteiger partial charge in [0.2, 0.25) is 0 Å². The van der Waals surface area contributed by atoms with Gasteiger partial charge in [-0.2, -0.15) is 0 Å². The molecule has 1 aromatic rings. The molecule has 1 aromatic carbocycles. The number of hydrogen-bond acceptors (Lipinski definition) is 5. The van der Waals surface area contributed by atoms with Crippen LogP contribution in [0.25, 0.3) is 6.08 Å². The zero-order valence-electron chi connectivity index (χ0n) is 15.9. The van der Waals surface area contributed by atoms with Gasteiger partial charge < -0.3 is 25.1 Å². The first-order valence-corrected chi connectivity index (χ1v) is 10.9. The lowest BCUT2D eigenvalue weighted by atomic mass is 9.77. The van der Waals surface area contributed by atoms with Crippen LogP contribution < -0.4 is 11.5 Å². The molecule has 1 saturated heterocycles. The molecular weight excluding hydrogens is 332 g/mol. The Kier molecular flexibility index (Phi) is 6.25. The summed E-state index contributed by atoms with van der Waals surface area (Å²) in [5.41, 5.74) is 14.8. The van der Waals surface area contributed by atoms with E-state index >= 15 is 0 Å². The van der Waals surface area contributed by atoms with E-state index in [0.29, 0.717) is 6.42 Å². The van der Waals surface area contributed by atoms with Gasteiger partial charge in [-0.1, -0.05) is 50.3 Å². The summed E-state index contributed by atoms with van der Waals surface area (Å²) in [6, 6.07) is 8.91. The van der Waals surface area contributed by atoms with E-state index in [1.165, 1.54) is 0 Å². The van der Waals surface area contributed by atoms with Gasteiger partial charge in [-0.05, 0) is 30.0 Å². The highest BCUT2D eigenvalue weighted by atomic mass is 28.4. The van der Waals surface area contributed by atoms with E-state index in [1.807, 2.05) is 24.3 Å². The minimum atomic E-state index is -2.77. The fourth-order valence-corrected chi connectivity index (χ4v) is 8.71. The number of rotatable bonds is 7. The third-order valence-corrected chi connectivity index (χ3v) is 10.2. The maximum atomic E-state index is 6.87. The Morgan fingerprint density at radius 1 is 1.24 bits per heavy atom. The predicted molar refractivity (Wildman–Crippen MR) is 104 cm³/mol. The van der Waals surface area contributed by atoms with Crippen LogP contribution in [0.5, 0.6) is 0 Å². The van der Waals surface area contributed by atoms with Crippen LogP contribution in [0, 0.1) is 0 Å². The third kappa shape index (κ3) is 2.91. The molecule has 0 bridgehead atoms. The molecule has 0 radical (unpaired) electrons. The van der Waals surface area contributed by atoms with E-state index in [0.717, 1.165) is 30.0 Å². The van der Waals surface area contributed by atoms with E-state index in [2.05, 4.69) is 19.6 Å². The topological polar surface area (TPSA) is 79.7 Å². The van der Waals surface area contributed by atoms with Crippen LogP contribution in [0.1, 0.15) is 43.2 Å².